The van der Waals surface area contributed by atoms with Crippen LogP contribution in [0.3, 0.4) is 0 Å². The molecule has 0 aromatic carbocycles. The lowest BCUT2D eigenvalue weighted by Crippen LogP contribution is -2.44. The Morgan fingerprint density at radius 1 is 1.28 bits per heavy atom. The average Bonchev–Trinajstić information content (AvgIpc) is 2.85. The van der Waals surface area contributed by atoms with Gasteiger partial charge in [0, 0.05) is 6.54 Å². The smallest absolute Gasteiger partial charge is 0.411 e. The van der Waals surface area contributed by atoms with Crippen LogP contribution in [0.5, 0.6) is 0 Å². The van der Waals surface area contributed by atoms with E-state index >= 15 is 0 Å². The minimum Gasteiger partial charge on any atom is -0.467 e. The van der Waals surface area contributed by atoms with Crippen molar-refractivity contribution in [3.63, 3.8) is 0 Å². The van der Waals surface area contributed by atoms with Gasteiger partial charge in [-0.2, -0.15) is 0 Å². The highest BCUT2D eigenvalue weighted by Crippen LogP contribution is 2.42. The molecule has 0 aromatic heterocycles. The normalized spacial score (nSPS) is 23.1. The third-order valence-electron chi connectivity index (χ3n) is 3.88. The van der Waals surface area contributed by atoms with E-state index in [1.165, 1.54) is 12.0 Å². The van der Waals surface area contributed by atoms with E-state index in [-0.39, 0.29) is 19.6 Å². The fraction of sp³-hybridized carbons (Fsp3) is 0.722. The molecule has 1 rings (SSSR count). The van der Waals surface area contributed by atoms with Gasteiger partial charge >= 0.3 is 18.0 Å². The minimum atomic E-state index is -1.03. The van der Waals surface area contributed by atoms with Gasteiger partial charge < -0.3 is 14.2 Å². The Bertz CT molecular complexity index is 550. The van der Waals surface area contributed by atoms with Gasteiger partial charge in [-0.15, -0.1) is 6.58 Å². The Labute approximate surface area is 149 Å². The van der Waals surface area contributed by atoms with Crippen LogP contribution >= 0.6 is 0 Å². The molecule has 1 aliphatic heterocycles. The molecule has 0 unspecified atom stereocenters. The molecule has 0 spiro atoms. The lowest BCUT2D eigenvalue weighted by molar-refractivity contribution is -0.154. The van der Waals surface area contributed by atoms with Gasteiger partial charge in [-0.3, -0.25) is 9.69 Å². The Balaban J connectivity index is 3.22. The summed E-state index contributed by atoms with van der Waals surface area (Å²) in [7, 11) is 1.25. The van der Waals surface area contributed by atoms with Gasteiger partial charge in [0.15, 0.2) is 0 Å². The highest BCUT2D eigenvalue weighted by molar-refractivity contribution is 5.87. The van der Waals surface area contributed by atoms with E-state index in [2.05, 4.69) is 6.58 Å². The second-order valence-electron chi connectivity index (χ2n) is 7.49. The molecule has 25 heavy (non-hydrogen) atoms. The molecule has 1 amide bonds. The molecule has 0 bridgehead atoms. The SMILES string of the molecule is C=C(C)C[C@]1(C(=O)OCC)C[C@@H](C(=O)OC)N(C(=O)OC(C)(C)C)C1. The van der Waals surface area contributed by atoms with Crippen molar-refractivity contribution in [2.45, 2.75) is 59.1 Å². The zero-order valence-corrected chi connectivity index (χ0v) is 16.0. The average molecular weight is 355 g/mol. The van der Waals surface area contributed by atoms with Crippen molar-refractivity contribution in [1.82, 2.24) is 4.90 Å². The van der Waals surface area contributed by atoms with Crippen molar-refractivity contribution in [1.29, 1.82) is 0 Å². The largest absolute Gasteiger partial charge is 0.467 e. The number of hydrogen-bond donors (Lipinski definition) is 0. The number of rotatable bonds is 5. The lowest BCUT2D eigenvalue weighted by Gasteiger charge is -2.29. The summed E-state index contributed by atoms with van der Waals surface area (Å²) >= 11 is 0. The van der Waals surface area contributed by atoms with Gasteiger partial charge in [0.1, 0.15) is 11.6 Å². The summed E-state index contributed by atoms with van der Waals surface area (Å²) in [5, 5.41) is 0. The first kappa shape index (κ1) is 21.0. The van der Waals surface area contributed by atoms with Crippen molar-refractivity contribution in [2.24, 2.45) is 5.41 Å². The van der Waals surface area contributed by atoms with E-state index in [4.69, 9.17) is 14.2 Å². The number of hydrogen-bond acceptors (Lipinski definition) is 6. The van der Waals surface area contributed by atoms with Gasteiger partial charge in [-0.05, 0) is 47.5 Å². The summed E-state index contributed by atoms with van der Waals surface area (Å²) in [4.78, 5) is 38.6. The van der Waals surface area contributed by atoms with Gasteiger partial charge in [-0.25, -0.2) is 9.59 Å². The molecule has 0 N–H and O–H groups in total. The summed E-state index contributed by atoms with van der Waals surface area (Å²) in [5.41, 5.74) is -0.985. The fourth-order valence-electron chi connectivity index (χ4n) is 3.05. The van der Waals surface area contributed by atoms with Crippen molar-refractivity contribution >= 4 is 18.0 Å². The number of esters is 2. The molecule has 0 radical (unpaired) electrons. The predicted molar refractivity (Wildman–Crippen MR) is 91.9 cm³/mol. The second kappa shape index (κ2) is 7.89. The topological polar surface area (TPSA) is 82.1 Å². The van der Waals surface area contributed by atoms with Gasteiger partial charge in [0.25, 0.3) is 0 Å². The molecular formula is C18H29NO6. The van der Waals surface area contributed by atoms with Gasteiger partial charge in [0.05, 0.1) is 19.1 Å². The van der Waals surface area contributed by atoms with Crippen LogP contribution in [0.4, 0.5) is 4.79 Å². The summed E-state index contributed by atoms with van der Waals surface area (Å²) in [6, 6.07) is -0.899. The van der Waals surface area contributed by atoms with E-state index < -0.39 is 35.1 Å². The summed E-state index contributed by atoms with van der Waals surface area (Å²) in [5.74, 6) is -1.03. The van der Waals surface area contributed by atoms with Crippen LogP contribution in [-0.4, -0.2) is 54.8 Å². The van der Waals surface area contributed by atoms with Crippen LogP contribution in [-0.2, 0) is 23.8 Å². The maximum atomic E-state index is 12.6. The van der Waals surface area contributed by atoms with Crippen LogP contribution in [0.2, 0.25) is 0 Å². The number of amides is 1. The molecule has 142 valence electrons. The Kier molecular flexibility index (Phi) is 6.62. The molecule has 1 aliphatic rings. The first-order chi connectivity index (χ1) is 11.5. The minimum absolute atomic E-state index is 0.0212. The fourth-order valence-corrected chi connectivity index (χ4v) is 3.05. The zero-order valence-electron chi connectivity index (χ0n) is 16.0. The number of carbonyl (C=O) groups excluding carboxylic acids is 3. The highest BCUT2D eigenvalue weighted by atomic mass is 16.6. The quantitative estimate of drug-likeness (QED) is 0.428. The number of likely N-dealkylation sites (tertiary alicyclic amines) is 1. The summed E-state index contributed by atoms with van der Waals surface area (Å²) in [6.07, 6.45) is -0.223. The molecule has 7 heteroatoms. The van der Waals surface area contributed by atoms with Gasteiger partial charge in [-0.1, -0.05) is 5.57 Å². The molecule has 2 atom stereocenters. The van der Waals surface area contributed by atoms with Gasteiger partial charge in [0.2, 0.25) is 0 Å². The van der Waals surface area contributed by atoms with Crippen LogP contribution < -0.4 is 0 Å². The first-order valence-electron chi connectivity index (χ1n) is 8.35. The lowest BCUT2D eigenvalue weighted by atomic mass is 9.80. The number of allylic oxidation sites excluding steroid dienone is 1. The second-order valence-corrected chi connectivity index (χ2v) is 7.49. The highest BCUT2D eigenvalue weighted by Gasteiger charge is 2.55. The van der Waals surface area contributed by atoms with Crippen molar-refractivity contribution in [2.75, 3.05) is 20.3 Å². The monoisotopic (exact) mass is 355 g/mol. The molecule has 1 fully saturated rings. The summed E-state index contributed by atoms with van der Waals surface area (Å²) in [6.45, 7) is 12.8. The van der Waals surface area contributed by atoms with Crippen LogP contribution in [0.1, 0.15) is 47.5 Å². The Hall–Kier alpha value is -2.05. The number of carbonyl (C=O) groups is 3. The van der Waals surface area contributed by atoms with E-state index in [0.717, 1.165) is 5.57 Å². The van der Waals surface area contributed by atoms with Crippen molar-refractivity contribution in [3.05, 3.63) is 12.2 Å². The molecule has 1 heterocycles. The third-order valence-corrected chi connectivity index (χ3v) is 3.88. The first-order valence-corrected chi connectivity index (χ1v) is 8.35. The van der Waals surface area contributed by atoms with E-state index in [0.29, 0.717) is 6.42 Å². The molecule has 1 saturated heterocycles. The summed E-state index contributed by atoms with van der Waals surface area (Å²) < 4.78 is 15.4. The zero-order chi connectivity index (χ0) is 19.4. The maximum absolute atomic E-state index is 12.6. The van der Waals surface area contributed by atoms with E-state index in [1.807, 2.05) is 0 Å². The Morgan fingerprint density at radius 3 is 2.32 bits per heavy atom. The van der Waals surface area contributed by atoms with Crippen LogP contribution in [0.25, 0.3) is 0 Å². The Morgan fingerprint density at radius 2 is 1.88 bits per heavy atom. The van der Waals surface area contributed by atoms with Crippen molar-refractivity contribution in [3.8, 4) is 0 Å². The molecule has 0 saturated carbocycles. The number of nitrogens with zero attached hydrogens (tertiary/aromatic N) is 1. The van der Waals surface area contributed by atoms with Crippen LogP contribution in [0.15, 0.2) is 12.2 Å². The van der Waals surface area contributed by atoms with Crippen LogP contribution in [0, 0.1) is 5.41 Å². The van der Waals surface area contributed by atoms with Crippen molar-refractivity contribution < 1.29 is 28.6 Å². The number of methoxy groups -OCH3 is 1. The molecule has 0 aliphatic carbocycles. The predicted octanol–water partition coefficient (Wildman–Crippen LogP) is 2.68. The third kappa shape index (κ3) is 5.21. The van der Waals surface area contributed by atoms with E-state index in [9.17, 15) is 14.4 Å². The molecule has 0 aromatic rings. The standard InChI is InChI=1S/C18H29NO6/c1-8-24-15(21)18(9-12(2)3)10-13(14(20)23-7)19(11-18)16(22)25-17(4,5)6/h13H,2,8-11H2,1,3-7H3/t13-,18-/m0/s1. The molecule has 7 nitrogen and oxygen atoms in total. The number of ether oxygens (including phenoxy) is 3. The maximum Gasteiger partial charge on any atom is 0.411 e. The van der Waals surface area contributed by atoms with E-state index in [1.54, 1.807) is 34.6 Å². The molecular weight excluding hydrogens is 326 g/mol.